The number of aryl methyl sites for hydroxylation is 1. The molecule has 2 heterocycles. The van der Waals surface area contributed by atoms with Crippen LogP contribution in [-0.4, -0.2) is 34.5 Å². The predicted octanol–water partition coefficient (Wildman–Crippen LogP) is 3.56. The van der Waals surface area contributed by atoms with Gasteiger partial charge >= 0.3 is 7.12 Å². The maximum Gasteiger partial charge on any atom is 0.497 e. The fourth-order valence-corrected chi connectivity index (χ4v) is 3.20. The standard InChI is InChI=1S/C16H20BClF2N2O2/c1-9-13-11(18)7-6-10(14(13)22(21-9)8-12(19)20)17-23-15(2,3)16(4,5)24-17/h6-7,12H,8H2,1-5H3. The van der Waals surface area contributed by atoms with Crippen molar-refractivity contribution in [1.29, 1.82) is 0 Å². The molecule has 0 aliphatic carbocycles. The molecule has 2 aromatic rings. The Balaban J connectivity index is 2.17. The Labute approximate surface area is 145 Å². The van der Waals surface area contributed by atoms with E-state index < -0.39 is 31.3 Å². The molecule has 3 rings (SSSR count). The van der Waals surface area contributed by atoms with Crippen molar-refractivity contribution in [1.82, 2.24) is 9.78 Å². The zero-order valence-corrected chi connectivity index (χ0v) is 15.1. The number of fused-ring (bicyclic) bond motifs is 1. The van der Waals surface area contributed by atoms with Crippen LogP contribution in [0.25, 0.3) is 10.9 Å². The van der Waals surface area contributed by atoms with Crippen LogP contribution >= 0.6 is 11.6 Å². The highest BCUT2D eigenvalue weighted by Gasteiger charge is 2.52. The highest BCUT2D eigenvalue weighted by molar-refractivity contribution is 6.65. The molecule has 130 valence electrons. The molecule has 1 saturated heterocycles. The van der Waals surface area contributed by atoms with Crippen LogP contribution in [0.15, 0.2) is 12.1 Å². The van der Waals surface area contributed by atoms with E-state index in [1.165, 1.54) is 4.68 Å². The van der Waals surface area contributed by atoms with Gasteiger partial charge < -0.3 is 9.31 Å². The first-order valence-corrected chi connectivity index (χ1v) is 8.20. The zero-order chi connectivity index (χ0) is 17.9. The molecule has 24 heavy (non-hydrogen) atoms. The van der Waals surface area contributed by atoms with E-state index in [1.54, 1.807) is 19.1 Å². The summed E-state index contributed by atoms with van der Waals surface area (Å²) in [6, 6.07) is 3.49. The van der Waals surface area contributed by atoms with Crippen molar-refractivity contribution < 1.29 is 18.1 Å². The third-order valence-electron chi connectivity index (χ3n) is 4.87. The first kappa shape index (κ1) is 17.6. The van der Waals surface area contributed by atoms with Gasteiger partial charge in [-0.05, 0) is 40.7 Å². The van der Waals surface area contributed by atoms with Gasteiger partial charge in [0.05, 0.1) is 27.4 Å². The average Bonchev–Trinajstić information content (AvgIpc) is 2.85. The Morgan fingerprint density at radius 3 is 2.33 bits per heavy atom. The summed E-state index contributed by atoms with van der Waals surface area (Å²) in [5.41, 5.74) is 0.764. The van der Waals surface area contributed by atoms with Gasteiger partial charge in [-0.15, -0.1) is 0 Å². The van der Waals surface area contributed by atoms with E-state index in [9.17, 15) is 8.78 Å². The largest absolute Gasteiger partial charge is 0.497 e. The summed E-state index contributed by atoms with van der Waals surface area (Å²) >= 11 is 6.28. The summed E-state index contributed by atoms with van der Waals surface area (Å²) < 4.78 is 39.4. The molecule has 1 fully saturated rings. The van der Waals surface area contributed by atoms with E-state index in [0.29, 0.717) is 27.1 Å². The fraction of sp³-hybridized carbons (Fsp3) is 0.562. The fourth-order valence-electron chi connectivity index (χ4n) is 2.91. The molecular formula is C16H20BClF2N2O2. The summed E-state index contributed by atoms with van der Waals surface area (Å²) in [7, 11) is -0.665. The first-order chi connectivity index (χ1) is 11.0. The van der Waals surface area contributed by atoms with Gasteiger partial charge in [-0.2, -0.15) is 5.10 Å². The van der Waals surface area contributed by atoms with Crippen LogP contribution in [-0.2, 0) is 15.9 Å². The maximum atomic E-state index is 13.0. The number of nitrogens with zero attached hydrogens (tertiary/aromatic N) is 2. The Morgan fingerprint density at radius 1 is 1.21 bits per heavy atom. The maximum absolute atomic E-state index is 13.0. The van der Waals surface area contributed by atoms with Crippen LogP contribution < -0.4 is 5.46 Å². The van der Waals surface area contributed by atoms with Crippen LogP contribution in [0.3, 0.4) is 0 Å². The lowest BCUT2D eigenvalue weighted by molar-refractivity contribution is 0.00578. The Hall–Kier alpha value is -1.18. The summed E-state index contributed by atoms with van der Waals surface area (Å²) in [4.78, 5) is 0. The molecule has 0 atom stereocenters. The molecule has 1 aromatic heterocycles. The molecule has 1 aromatic carbocycles. The molecule has 4 nitrogen and oxygen atoms in total. The number of benzene rings is 1. The molecule has 0 saturated carbocycles. The normalized spacial score (nSPS) is 19.6. The number of hydrogen-bond donors (Lipinski definition) is 0. The summed E-state index contributed by atoms with van der Waals surface area (Å²) in [6.45, 7) is 9.04. The number of rotatable bonds is 3. The van der Waals surface area contributed by atoms with Crippen molar-refractivity contribution >= 4 is 35.1 Å². The zero-order valence-electron chi connectivity index (χ0n) is 14.4. The van der Waals surface area contributed by atoms with Crippen molar-refractivity contribution in [3.05, 3.63) is 22.8 Å². The SMILES string of the molecule is Cc1nn(CC(F)F)c2c(B3OC(C)(C)C(C)(C)O3)ccc(Cl)c12. The van der Waals surface area contributed by atoms with Gasteiger partial charge in [0, 0.05) is 10.8 Å². The number of alkyl halides is 2. The topological polar surface area (TPSA) is 36.3 Å². The molecule has 1 aliphatic rings. The summed E-state index contributed by atoms with van der Waals surface area (Å²) in [5.74, 6) is 0. The smallest absolute Gasteiger partial charge is 0.399 e. The quantitative estimate of drug-likeness (QED) is 0.789. The molecule has 0 spiro atoms. The third kappa shape index (κ3) is 2.72. The van der Waals surface area contributed by atoms with Crippen LogP contribution in [0.2, 0.25) is 5.02 Å². The number of hydrogen-bond acceptors (Lipinski definition) is 3. The van der Waals surface area contributed by atoms with Crippen LogP contribution in [0, 0.1) is 6.92 Å². The molecule has 8 heteroatoms. The van der Waals surface area contributed by atoms with Crippen molar-refractivity contribution in [3.63, 3.8) is 0 Å². The first-order valence-electron chi connectivity index (χ1n) is 7.83. The van der Waals surface area contributed by atoms with Gasteiger partial charge in [-0.25, -0.2) is 8.78 Å². The molecule has 0 bridgehead atoms. The van der Waals surface area contributed by atoms with E-state index in [1.807, 2.05) is 27.7 Å². The lowest BCUT2D eigenvalue weighted by Gasteiger charge is -2.32. The van der Waals surface area contributed by atoms with Crippen molar-refractivity contribution in [2.24, 2.45) is 0 Å². The monoisotopic (exact) mass is 356 g/mol. The van der Waals surface area contributed by atoms with E-state index in [4.69, 9.17) is 20.9 Å². The van der Waals surface area contributed by atoms with E-state index in [-0.39, 0.29) is 0 Å². The Morgan fingerprint density at radius 2 is 1.79 bits per heavy atom. The Kier molecular flexibility index (Phi) is 4.17. The van der Waals surface area contributed by atoms with Gasteiger partial charge in [0.2, 0.25) is 0 Å². The second-order valence-electron chi connectivity index (χ2n) is 7.11. The molecule has 0 amide bonds. The van der Waals surface area contributed by atoms with E-state index >= 15 is 0 Å². The highest BCUT2D eigenvalue weighted by Crippen LogP contribution is 2.37. The van der Waals surface area contributed by atoms with Crippen LogP contribution in [0.1, 0.15) is 33.4 Å². The average molecular weight is 357 g/mol. The van der Waals surface area contributed by atoms with Crippen molar-refractivity contribution in [2.45, 2.75) is 58.8 Å². The molecule has 0 N–H and O–H groups in total. The lowest BCUT2D eigenvalue weighted by Crippen LogP contribution is -2.41. The van der Waals surface area contributed by atoms with E-state index in [0.717, 1.165) is 0 Å². The minimum Gasteiger partial charge on any atom is -0.399 e. The number of halogens is 3. The van der Waals surface area contributed by atoms with Crippen LogP contribution in [0.5, 0.6) is 0 Å². The minimum absolute atomic E-state index is 0.475. The van der Waals surface area contributed by atoms with Gasteiger partial charge in [-0.1, -0.05) is 17.7 Å². The van der Waals surface area contributed by atoms with Crippen molar-refractivity contribution in [3.8, 4) is 0 Å². The number of aromatic nitrogens is 2. The van der Waals surface area contributed by atoms with Gasteiger partial charge in [0.25, 0.3) is 6.43 Å². The van der Waals surface area contributed by atoms with Gasteiger partial charge in [0.15, 0.2) is 0 Å². The lowest BCUT2D eigenvalue weighted by atomic mass is 9.77. The van der Waals surface area contributed by atoms with E-state index in [2.05, 4.69) is 5.10 Å². The van der Waals surface area contributed by atoms with Crippen molar-refractivity contribution in [2.75, 3.05) is 0 Å². The predicted molar refractivity (Wildman–Crippen MR) is 91.2 cm³/mol. The van der Waals surface area contributed by atoms with Crippen LogP contribution in [0.4, 0.5) is 8.78 Å². The summed E-state index contributed by atoms with van der Waals surface area (Å²) in [5, 5.41) is 5.37. The Bertz CT molecular complexity index is 776. The highest BCUT2D eigenvalue weighted by atomic mass is 35.5. The molecular weight excluding hydrogens is 336 g/mol. The second-order valence-corrected chi connectivity index (χ2v) is 7.51. The second kappa shape index (κ2) is 5.68. The third-order valence-corrected chi connectivity index (χ3v) is 5.18. The molecule has 1 aliphatic heterocycles. The van der Waals surface area contributed by atoms with Gasteiger partial charge in [0.1, 0.15) is 6.54 Å². The molecule has 0 unspecified atom stereocenters. The molecule has 0 radical (unpaired) electrons. The van der Waals surface area contributed by atoms with Gasteiger partial charge in [-0.3, -0.25) is 4.68 Å². The minimum atomic E-state index is -2.52. The summed E-state index contributed by atoms with van der Waals surface area (Å²) in [6.07, 6.45) is -2.52.